The first-order valence-corrected chi connectivity index (χ1v) is 10.1. The molecule has 1 amide bonds. The second-order valence-corrected chi connectivity index (χ2v) is 7.87. The Bertz CT molecular complexity index is 986. The molecule has 0 radical (unpaired) electrons. The Morgan fingerprint density at radius 3 is 2.41 bits per heavy atom. The van der Waals surface area contributed by atoms with Crippen LogP contribution in [-0.4, -0.2) is 41.2 Å². The molecule has 0 saturated heterocycles. The second kappa shape index (κ2) is 9.44. The van der Waals surface area contributed by atoms with Crippen molar-refractivity contribution in [3.8, 4) is 0 Å². The first-order valence-electron chi connectivity index (χ1n) is 9.34. The molecule has 0 spiro atoms. The predicted molar refractivity (Wildman–Crippen MR) is 118 cm³/mol. The Morgan fingerprint density at radius 1 is 1.10 bits per heavy atom. The summed E-state index contributed by atoms with van der Waals surface area (Å²) in [5.41, 5.74) is 3.03. The number of benzene rings is 2. The molecule has 2 aromatic carbocycles. The van der Waals surface area contributed by atoms with E-state index in [4.69, 9.17) is 23.2 Å². The van der Waals surface area contributed by atoms with Crippen molar-refractivity contribution >= 4 is 29.1 Å². The van der Waals surface area contributed by atoms with Gasteiger partial charge < -0.3 is 10.2 Å². The molecule has 0 fully saturated rings. The minimum atomic E-state index is -0.245. The molecule has 0 aliphatic heterocycles. The number of carbonyl (C=O) groups is 1. The van der Waals surface area contributed by atoms with Crippen LogP contribution in [0.5, 0.6) is 0 Å². The van der Waals surface area contributed by atoms with E-state index in [9.17, 15) is 4.79 Å². The van der Waals surface area contributed by atoms with Crippen LogP contribution in [0.1, 0.15) is 33.2 Å². The van der Waals surface area contributed by atoms with E-state index >= 15 is 0 Å². The van der Waals surface area contributed by atoms with Gasteiger partial charge in [-0.25, -0.2) is 4.68 Å². The molecule has 0 saturated carbocycles. The third-order valence-corrected chi connectivity index (χ3v) is 5.54. The second-order valence-electron chi connectivity index (χ2n) is 7.11. The number of aryl methyl sites for hydroxylation is 1. The molecule has 3 rings (SSSR count). The number of aromatic nitrogens is 2. The van der Waals surface area contributed by atoms with Gasteiger partial charge in [0, 0.05) is 11.6 Å². The number of carbonyl (C=O) groups excluding carboxylic acids is 1. The van der Waals surface area contributed by atoms with Crippen LogP contribution in [-0.2, 0) is 6.54 Å². The molecule has 0 aliphatic rings. The van der Waals surface area contributed by atoms with Gasteiger partial charge in [-0.05, 0) is 38.2 Å². The average Bonchev–Trinajstić information content (AvgIpc) is 2.97. The Kier molecular flexibility index (Phi) is 6.96. The van der Waals surface area contributed by atoms with E-state index in [-0.39, 0.29) is 11.9 Å². The quantitative estimate of drug-likeness (QED) is 0.596. The Hall–Kier alpha value is -2.34. The van der Waals surface area contributed by atoms with Crippen LogP contribution in [0, 0.1) is 6.92 Å². The highest BCUT2D eigenvalue weighted by Gasteiger charge is 2.23. The highest BCUT2D eigenvalue weighted by atomic mass is 35.5. The topological polar surface area (TPSA) is 50.2 Å². The van der Waals surface area contributed by atoms with Crippen molar-refractivity contribution in [2.45, 2.75) is 19.5 Å². The molecule has 1 aromatic heterocycles. The van der Waals surface area contributed by atoms with Crippen molar-refractivity contribution < 1.29 is 4.79 Å². The summed E-state index contributed by atoms with van der Waals surface area (Å²) in [5, 5.41) is 8.45. The maximum absolute atomic E-state index is 12.9. The van der Waals surface area contributed by atoms with E-state index in [0.717, 1.165) is 11.1 Å². The van der Waals surface area contributed by atoms with Crippen molar-refractivity contribution in [1.82, 2.24) is 20.0 Å². The van der Waals surface area contributed by atoms with E-state index in [0.29, 0.717) is 34.5 Å². The molecule has 152 valence electrons. The lowest BCUT2D eigenvalue weighted by atomic mass is 10.1. The number of amides is 1. The lowest BCUT2D eigenvalue weighted by Crippen LogP contribution is -2.35. The van der Waals surface area contributed by atoms with E-state index in [1.807, 2.05) is 73.6 Å². The smallest absolute Gasteiger partial charge is 0.256 e. The standard InChI is InChI=1S/C22H24Cl2N4O/c1-15-20(21(24)28(26-15)14-16-9-5-4-6-10-16)22(29)25-13-19(27(2)3)17-11-7-8-12-18(17)23/h4-12,19H,13-14H2,1-3H3,(H,25,29). The molecule has 7 heteroatoms. The van der Waals surface area contributed by atoms with Gasteiger partial charge in [0.15, 0.2) is 0 Å². The number of rotatable bonds is 7. The molecular weight excluding hydrogens is 407 g/mol. The van der Waals surface area contributed by atoms with Crippen molar-refractivity contribution in [3.05, 3.63) is 87.2 Å². The monoisotopic (exact) mass is 430 g/mol. The van der Waals surface area contributed by atoms with Gasteiger partial charge in [0.1, 0.15) is 5.15 Å². The first-order chi connectivity index (χ1) is 13.9. The fourth-order valence-electron chi connectivity index (χ4n) is 3.27. The van der Waals surface area contributed by atoms with Crippen LogP contribution in [0.15, 0.2) is 54.6 Å². The molecule has 3 aromatic rings. The van der Waals surface area contributed by atoms with Crippen molar-refractivity contribution in [2.24, 2.45) is 0 Å². The number of halogens is 2. The first kappa shape index (κ1) is 21.4. The fourth-order valence-corrected chi connectivity index (χ4v) is 3.85. The largest absolute Gasteiger partial charge is 0.350 e. The molecule has 29 heavy (non-hydrogen) atoms. The Morgan fingerprint density at radius 2 is 1.76 bits per heavy atom. The summed E-state index contributed by atoms with van der Waals surface area (Å²) in [7, 11) is 3.91. The zero-order valence-corrected chi connectivity index (χ0v) is 18.2. The summed E-state index contributed by atoms with van der Waals surface area (Å²) in [5.74, 6) is -0.245. The third kappa shape index (κ3) is 4.99. The molecule has 1 atom stereocenters. The Labute approximate surface area is 181 Å². The molecule has 5 nitrogen and oxygen atoms in total. The third-order valence-electron chi connectivity index (χ3n) is 4.81. The van der Waals surface area contributed by atoms with E-state index in [2.05, 4.69) is 10.4 Å². The number of likely N-dealkylation sites (N-methyl/N-ethyl adjacent to an activating group) is 1. The molecular formula is C22H24Cl2N4O. The van der Waals surface area contributed by atoms with Gasteiger partial charge >= 0.3 is 0 Å². The van der Waals surface area contributed by atoms with Gasteiger partial charge in [-0.1, -0.05) is 71.7 Å². The van der Waals surface area contributed by atoms with Crippen molar-refractivity contribution in [2.75, 3.05) is 20.6 Å². The molecule has 1 N–H and O–H groups in total. The lowest BCUT2D eigenvalue weighted by molar-refractivity contribution is 0.0941. The number of nitrogens with zero attached hydrogens (tertiary/aromatic N) is 3. The van der Waals surface area contributed by atoms with Gasteiger partial charge in [0.2, 0.25) is 0 Å². The highest BCUT2D eigenvalue weighted by molar-refractivity contribution is 6.33. The Balaban J connectivity index is 1.76. The van der Waals surface area contributed by atoms with Gasteiger partial charge in [-0.15, -0.1) is 0 Å². The fraction of sp³-hybridized carbons (Fsp3) is 0.273. The van der Waals surface area contributed by atoms with Gasteiger partial charge in [-0.3, -0.25) is 4.79 Å². The predicted octanol–water partition coefficient (Wildman–Crippen LogP) is 4.58. The van der Waals surface area contributed by atoms with Crippen LogP contribution in [0.25, 0.3) is 0 Å². The number of hydrogen-bond donors (Lipinski definition) is 1. The summed E-state index contributed by atoms with van der Waals surface area (Å²) in [6, 6.07) is 17.5. The zero-order chi connectivity index (χ0) is 21.0. The van der Waals surface area contributed by atoms with E-state index in [1.165, 1.54) is 0 Å². The maximum atomic E-state index is 12.9. The normalized spacial score (nSPS) is 12.2. The van der Waals surface area contributed by atoms with Crippen molar-refractivity contribution in [3.63, 3.8) is 0 Å². The van der Waals surface area contributed by atoms with Crippen LogP contribution in [0.4, 0.5) is 0 Å². The number of hydrogen-bond acceptors (Lipinski definition) is 3. The van der Waals surface area contributed by atoms with Gasteiger partial charge in [-0.2, -0.15) is 5.10 Å². The molecule has 1 unspecified atom stereocenters. The van der Waals surface area contributed by atoms with Crippen LogP contribution in [0.2, 0.25) is 10.2 Å². The van der Waals surface area contributed by atoms with E-state index < -0.39 is 0 Å². The molecule has 0 bridgehead atoms. The lowest BCUT2D eigenvalue weighted by Gasteiger charge is -2.26. The molecule has 0 aliphatic carbocycles. The van der Waals surface area contributed by atoms with Crippen LogP contribution >= 0.6 is 23.2 Å². The van der Waals surface area contributed by atoms with Gasteiger partial charge in [0.05, 0.1) is 23.8 Å². The minimum Gasteiger partial charge on any atom is -0.350 e. The summed E-state index contributed by atoms with van der Waals surface area (Å²) < 4.78 is 1.65. The molecule has 1 heterocycles. The van der Waals surface area contributed by atoms with Gasteiger partial charge in [0.25, 0.3) is 5.91 Å². The zero-order valence-electron chi connectivity index (χ0n) is 16.7. The summed E-state index contributed by atoms with van der Waals surface area (Å²) in [6.45, 7) is 2.70. The summed E-state index contributed by atoms with van der Waals surface area (Å²) in [4.78, 5) is 14.9. The van der Waals surface area contributed by atoms with E-state index in [1.54, 1.807) is 11.6 Å². The highest BCUT2D eigenvalue weighted by Crippen LogP contribution is 2.26. The SMILES string of the molecule is Cc1nn(Cc2ccccc2)c(Cl)c1C(=O)NCC(c1ccccc1Cl)N(C)C. The average molecular weight is 431 g/mol. The van der Waals surface area contributed by atoms with Crippen LogP contribution < -0.4 is 5.32 Å². The van der Waals surface area contributed by atoms with Crippen LogP contribution in [0.3, 0.4) is 0 Å². The summed E-state index contributed by atoms with van der Waals surface area (Å²) >= 11 is 12.9. The number of nitrogens with one attached hydrogen (secondary N) is 1. The minimum absolute atomic E-state index is 0.0638. The summed E-state index contributed by atoms with van der Waals surface area (Å²) in [6.07, 6.45) is 0. The van der Waals surface area contributed by atoms with Crippen molar-refractivity contribution in [1.29, 1.82) is 0 Å². The maximum Gasteiger partial charge on any atom is 0.256 e.